The SMILES string of the molecule is CS(=O)(=O)N1CCCC(CC(Cc2ccncc2)NN)C1. The standard InChI is InChI=1S/C14H24N4O2S/c1-21(19,20)18-8-2-3-13(11-18)10-14(17-15)9-12-4-6-16-7-5-12/h4-7,13-14,17H,2-3,8-11,15H2,1H3. The highest BCUT2D eigenvalue weighted by molar-refractivity contribution is 7.88. The van der Waals surface area contributed by atoms with E-state index in [1.165, 1.54) is 11.8 Å². The third-order valence-corrected chi connectivity index (χ3v) is 5.31. The maximum atomic E-state index is 11.7. The Morgan fingerprint density at radius 3 is 2.81 bits per heavy atom. The van der Waals surface area contributed by atoms with Crippen LogP contribution in [0, 0.1) is 5.92 Å². The summed E-state index contributed by atoms with van der Waals surface area (Å²) in [5.41, 5.74) is 4.05. The van der Waals surface area contributed by atoms with Crippen molar-refractivity contribution in [2.24, 2.45) is 11.8 Å². The van der Waals surface area contributed by atoms with Gasteiger partial charge in [0.2, 0.25) is 10.0 Å². The van der Waals surface area contributed by atoms with Gasteiger partial charge in [0.15, 0.2) is 0 Å². The van der Waals surface area contributed by atoms with Crippen molar-refractivity contribution >= 4 is 10.0 Å². The van der Waals surface area contributed by atoms with Gasteiger partial charge in [-0.1, -0.05) is 0 Å². The van der Waals surface area contributed by atoms with Crippen molar-refractivity contribution in [2.75, 3.05) is 19.3 Å². The largest absolute Gasteiger partial charge is 0.271 e. The van der Waals surface area contributed by atoms with Gasteiger partial charge in [-0.25, -0.2) is 12.7 Å². The van der Waals surface area contributed by atoms with Crippen LogP contribution in [0.15, 0.2) is 24.5 Å². The molecule has 0 saturated carbocycles. The summed E-state index contributed by atoms with van der Waals surface area (Å²) in [7, 11) is -3.09. The Balaban J connectivity index is 1.92. The van der Waals surface area contributed by atoms with Crippen LogP contribution in [-0.2, 0) is 16.4 Å². The predicted octanol–water partition coefficient (Wildman–Crippen LogP) is 0.518. The molecular formula is C14H24N4O2S. The van der Waals surface area contributed by atoms with Crippen molar-refractivity contribution in [3.05, 3.63) is 30.1 Å². The maximum Gasteiger partial charge on any atom is 0.211 e. The fourth-order valence-electron chi connectivity index (χ4n) is 2.94. The topological polar surface area (TPSA) is 88.3 Å². The van der Waals surface area contributed by atoms with E-state index in [-0.39, 0.29) is 6.04 Å². The van der Waals surface area contributed by atoms with Crippen LogP contribution in [0.3, 0.4) is 0 Å². The number of nitrogens with zero attached hydrogens (tertiary/aromatic N) is 2. The van der Waals surface area contributed by atoms with Crippen LogP contribution < -0.4 is 11.3 Å². The molecule has 1 aliphatic heterocycles. The van der Waals surface area contributed by atoms with E-state index in [1.807, 2.05) is 12.1 Å². The molecule has 2 heterocycles. The monoisotopic (exact) mass is 312 g/mol. The lowest BCUT2D eigenvalue weighted by Crippen LogP contribution is -2.43. The van der Waals surface area contributed by atoms with Crippen molar-refractivity contribution < 1.29 is 8.42 Å². The molecule has 2 rings (SSSR count). The Morgan fingerprint density at radius 1 is 1.48 bits per heavy atom. The van der Waals surface area contributed by atoms with Crippen LogP contribution in [0.25, 0.3) is 0 Å². The molecule has 1 saturated heterocycles. The molecule has 1 aliphatic rings. The van der Waals surface area contributed by atoms with Crippen LogP contribution in [0.2, 0.25) is 0 Å². The van der Waals surface area contributed by atoms with Crippen LogP contribution in [0.1, 0.15) is 24.8 Å². The highest BCUT2D eigenvalue weighted by Gasteiger charge is 2.27. The summed E-state index contributed by atoms with van der Waals surface area (Å²) in [6, 6.07) is 4.11. The summed E-state index contributed by atoms with van der Waals surface area (Å²) in [6.45, 7) is 1.24. The van der Waals surface area contributed by atoms with E-state index in [4.69, 9.17) is 5.84 Å². The molecule has 0 amide bonds. The predicted molar refractivity (Wildman–Crippen MR) is 82.8 cm³/mol. The summed E-state index contributed by atoms with van der Waals surface area (Å²) in [5, 5.41) is 0. The van der Waals surface area contributed by atoms with E-state index in [9.17, 15) is 8.42 Å². The Bertz CT molecular complexity index is 535. The van der Waals surface area contributed by atoms with Gasteiger partial charge < -0.3 is 0 Å². The summed E-state index contributed by atoms with van der Waals surface area (Å²) in [4.78, 5) is 4.01. The van der Waals surface area contributed by atoms with Gasteiger partial charge >= 0.3 is 0 Å². The molecule has 1 aromatic heterocycles. The summed E-state index contributed by atoms with van der Waals surface area (Å²) in [5.74, 6) is 6.02. The minimum atomic E-state index is -3.09. The quantitative estimate of drug-likeness (QED) is 0.590. The molecule has 0 spiro atoms. The van der Waals surface area contributed by atoms with E-state index in [0.717, 1.165) is 25.7 Å². The average molecular weight is 312 g/mol. The van der Waals surface area contributed by atoms with Crippen molar-refractivity contribution in [3.8, 4) is 0 Å². The number of hydrogen-bond donors (Lipinski definition) is 2. The Kier molecular flexibility index (Phi) is 5.69. The number of piperidine rings is 1. The van der Waals surface area contributed by atoms with Crippen LogP contribution in [0.4, 0.5) is 0 Å². The Morgan fingerprint density at radius 2 is 2.19 bits per heavy atom. The zero-order chi connectivity index (χ0) is 15.3. The second kappa shape index (κ2) is 7.31. The number of hydrazine groups is 1. The highest BCUT2D eigenvalue weighted by Crippen LogP contribution is 2.23. The molecule has 6 nitrogen and oxygen atoms in total. The van der Waals surface area contributed by atoms with Crippen molar-refractivity contribution in [1.29, 1.82) is 0 Å². The van der Waals surface area contributed by atoms with E-state index in [2.05, 4.69) is 10.4 Å². The van der Waals surface area contributed by atoms with Gasteiger partial charge in [0.25, 0.3) is 0 Å². The smallest absolute Gasteiger partial charge is 0.211 e. The number of hydrogen-bond acceptors (Lipinski definition) is 5. The molecule has 3 N–H and O–H groups in total. The number of nitrogens with two attached hydrogens (primary N) is 1. The van der Waals surface area contributed by atoms with E-state index in [0.29, 0.717) is 19.0 Å². The first-order valence-corrected chi connectivity index (χ1v) is 9.14. The fraction of sp³-hybridized carbons (Fsp3) is 0.643. The lowest BCUT2D eigenvalue weighted by Gasteiger charge is -2.32. The average Bonchev–Trinajstić information content (AvgIpc) is 2.47. The molecule has 0 bridgehead atoms. The molecule has 2 unspecified atom stereocenters. The Labute approximate surface area is 126 Å². The third-order valence-electron chi connectivity index (χ3n) is 4.04. The van der Waals surface area contributed by atoms with Crippen molar-refractivity contribution in [1.82, 2.24) is 14.7 Å². The number of nitrogens with one attached hydrogen (secondary N) is 1. The van der Waals surface area contributed by atoms with E-state index in [1.54, 1.807) is 16.7 Å². The maximum absolute atomic E-state index is 11.7. The summed E-state index contributed by atoms with van der Waals surface area (Å²) < 4.78 is 24.9. The molecule has 1 fully saturated rings. The van der Waals surface area contributed by atoms with Gasteiger partial charge in [-0.05, 0) is 49.3 Å². The van der Waals surface area contributed by atoms with Gasteiger partial charge in [0.1, 0.15) is 0 Å². The molecule has 1 aromatic rings. The molecule has 118 valence electrons. The van der Waals surface area contributed by atoms with Crippen molar-refractivity contribution in [3.63, 3.8) is 0 Å². The number of aromatic nitrogens is 1. The second-order valence-electron chi connectivity index (χ2n) is 5.79. The molecular weight excluding hydrogens is 288 g/mol. The van der Waals surface area contributed by atoms with Gasteiger partial charge in [-0.15, -0.1) is 0 Å². The minimum Gasteiger partial charge on any atom is -0.271 e. The zero-order valence-corrected chi connectivity index (χ0v) is 13.2. The molecule has 0 aromatic carbocycles. The van der Waals surface area contributed by atoms with Crippen LogP contribution >= 0.6 is 0 Å². The van der Waals surface area contributed by atoms with Crippen molar-refractivity contribution in [2.45, 2.75) is 31.7 Å². The minimum absolute atomic E-state index is 0.150. The lowest BCUT2D eigenvalue weighted by atomic mass is 9.90. The number of pyridine rings is 1. The first kappa shape index (κ1) is 16.4. The number of rotatable bonds is 6. The number of sulfonamides is 1. The highest BCUT2D eigenvalue weighted by atomic mass is 32.2. The van der Waals surface area contributed by atoms with Crippen LogP contribution in [-0.4, -0.2) is 43.1 Å². The molecule has 7 heteroatoms. The fourth-order valence-corrected chi connectivity index (χ4v) is 3.88. The zero-order valence-electron chi connectivity index (χ0n) is 12.4. The van der Waals surface area contributed by atoms with Crippen LogP contribution in [0.5, 0.6) is 0 Å². The summed E-state index contributed by atoms with van der Waals surface area (Å²) >= 11 is 0. The molecule has 0 aliphatic carbocycles. The Hall–Kier alpha value is -1.02. The van der Waals surface area contributed by atoms with Gasteiger partial charge in [-0.2, -0.15) is 0 Å². The molecule has 21 heavy (non-hydrogen) atoms. The van der Waals surface area contributed by atoms with E-state index >= 15 is 0 Å². The molecule has 0 radical (unpaired) electrons. The van der Waals surface area contributed by atoms with E-state index < -0.39 is 10.0 Å². The lowest BCUT2D eigenvalue weighted by molar-refractivity contribution is 0.237. The third kappa shape index (κ3) is 5.03. The first-order chi connectivity index (χ1) is 9.99. The normalized spacial score (nSPS) is 22.1. The van der Waals surface area contributed by atoms with Gasteiger partial charge in [-0.3, -0.25) is 16.3 Å². The molecule has 2 atom stereocenters. The second-order valence-corrected chi connectivity index (χ2v) is 7.77. The van der Waals surface area contributed by atoms with Gasteiger partial charge in [0, 0.05) is 31.5 Å². The first-order valence-electron chi connectivity index (χ1n) is 7.29. The van der Waals surface area contributed by atoms with Gasteiger partial charge in [0.05, 0.1) is 6.26 Å². The summed E-state index contributed by atoms with van der Waals surface area (Å²) in [6.07, 6.45) is 8.51.